The minimum Gasteiger partial charge on any atom is -0.292 e. The number of rotatable bonds is 4. The molecule has 0 amide bonds. The quantitative estimate of drug-likeness (QED) is 0.192. The van der Waals surface area contributed by atoms with Crippen LogP contribution in [0.3, 0.4) is 0 Å². The van der Waals surface area contributed by atoms with Gasteiger partial charge in [-0.3, -0.25) is 4.57 Å². The molecule has 2 heteroatoms. The van der Waals surface area contributed by atoms with Crippen molar-refractivity contribution in [1.82, 2.24) is 9.55 Å². The van der Waals surface area contributed by atoms with Crippen LogP contribution in [0.2, 0.25) is 0 Å². The van der Waals surface area contributed by atoms with Gasteiger partial charge in [-0.05, 0) is 91.0 Å². The van der Waals surface area contributed by atoms with Gasteiger partial charge >= 0.3 is 0 Å². The van der Waals surface area contributed by atoms with E-state index in [1.807, 2.05) is 0 Å². The Hall–Kier alpha value is -5.99. The van der Waals surface area contributed by atoms with Crippen molar-refractivity contribution in [2.24, 2.45) is 0 Å². The normalized spacial score (nSPS) is 11.6. The molecule has 9 aromatic rings. The number of fused-ring (bicyclic) bond motifs is 6. The first-order valence-corrected chi connectivity index (χ1v) is 15.4. The Labute approximate surface area is 261 Å². The van der Waals surface area contributed by atoms with Crippen LogP contribution in [0.5, 0.6) is 0 Å². The van der Waals surface area contributed by atoms with E-state index in [0.717, 1.165) is 33.7 Å². The molecule has 0 aliphatic heterocycles. The lowest BCUT2D eigenvalue weighted by Crippen LogP contribution is -1.97. The molecule has 0 atom stereocenters. The van der Waals surface area contributed by atoms with E-state index in [9.17, 15) is 0 Å². The SMILES string of the molecule is c1ccc(-c2cc3c4ccccc4c(-c4ccc5c(c4)nc(-c4ccccc4)n5-c4ccccc4)cc3c3ccccc23)cc1. The highest BCUT2D eigenvalue weighted by molar-refractivity contribution is 6.24. The number of para-hydroxylation sites is 1. The van der Waals surface area contributed by atoms with Gasteiger partial charge in [0.05, 0.1) is 11.0 Å². The van der Waals surface area contributed by atoms with E-state index in [-0.39, 0.29) is 0 Å². The average molecular weight is 573 g/mol. The number of benzene rings is 8. The molecular weight excluding hydrogens is 544 g/mol. The van der Waals surface area contributed by atoms with Gasteiger partial charge in [-0.25, -0.2) is 4.98 Å². The molecule has 0 bridgehead atoms. The third-order valence-corrected chi connectivity index (χ3v) is 8.98. The molecule has 0 unspecified atom stereocenters. The molecular formula is C43H28N2. The van der Waals surface area contributed by atoms with Crippen molar-refractivity contribution in [2.75, 3.05) is 0 Å². The van der Waals surface area contributed by atoms with Gasteiger partial charge in [-0.2, -0.15) is 0 Å². The molecule has 0 aliphatic rings. The highest BCUT2D eigenvalue weighted by Gasteiger charge is 2.18. The van der Waals surface area contributed by atoms with Crippen LogP contribution in [0.4, 0.5) is 0 Å². The maximum absolute atomic E-state index is 5.25. The van der Waals surface area contributed by atoms with Gasteiger partial charge in [0.15, 0.2) is 0 Å². The van der Waals surface area contributed by atoms with Gasteiger partial charge in [0.1, 0.15) is 5.82 Å². The van der Waals surface area contributed by atoms with Crippen LogP contribution in [-0.2, 0) is 0 Å². The standard InChI is InChI=1S/C43H28N2/c1-4-14-29(15-5-1)37-27-39-36-23-13-11-21-34(36)38(28-40(39)35-22-12-10-20-33(35)37)31-24-25-42-41(26-31)44-43(30-16-6-2-7-17-30)45(42)32-18-8-3-9-19-32/h1-28H. The first kappa shape index (κ1) is 25.5. The van der Waals surface area contributed by atoms with E-state index in [0.29, 0.717) is 0 Å². The van der Waals surface area contributed by atoms with Crippen LogP contribution in [-0.4, -0.2) is 9.55 Å². The Morgan fingerprint density at radius 2 is 0.844 bits per heavy atom. The van der Waals surface area contributed by atoms with Crippen LogP contribution in [0.15, 0.2) is 170 Å². The maximum Gasteiger partial charge on any atom is 0.145 e. The zero-order chi connectivity index (χ0) is 29.7. The molecule has 9 rings (SSSR count). The van der Waals surface area contributed by atoms with Gasteiger partial charge in [0, 0.05) is 11.3 Å². The molecule has 1 aromatic heterocycles. The van der Waals surface area contributed by atoms with Gasteiger partial charge in [-0.1, -0.05) is 133 Å². The van der Waals surface area contributed by atoms with Crippen LogP contribution >= 0.6 is 0 Å². The fourth-order valence-corrected chi connectivity index (χ4v) is 6.91. The summed E-state index contributed by atoms with van der Waals surface area (Å²) in [5.74, 6) is 0.941. The predicted molar refractivity (Wildman–Crippen MR) is 190 cm³/mol. The summed E-state index contributed by atoms with van der Waals surface area (Å²) in [5.41, 5.74) is 9.13. The molecule has 0 radical (unpaired) electrons. The van der Waals surface area contributed by atoms with E-state index < -0.39 is 0 Å². The molecule has 0 aliphatic carbocycles. The predicted octanol–water partition coefficient (Wildman–Crippen LogP) is 11.5. The molecule has 45 heavy (non-hydrogen) atoms. The highest BCUT2D eigenvalue weighted by atomic mass is 15.1. The lowest BCUT2D eigenvalue weighted by molar-refractivity contribution is 1.10. The first-order valence-electron chi connectivity index (χ1n) is 15.4. The molecule has 2 nitrogen and oxygen atoms in total. The molecule has 8 aromatic carbocycles. The fraction of sp³-hybridized carbons (Fsp3) is 0. The van der Waals surface area contributed by atoms with E-state index in [1.165, 1.54) is 49.0 Å². The molecule has 210 valence electrons. The molecule has 0 saturated heterocycles. The van der Waals surface area contributed by atoms with Gasteiger partial charge in [0.25, 0.3) is 0 Å². The van der Waals surface area contributed by atoms with Gasteiger partial charge in [-0.15, -0.1) is 0 Å². The highest BCUT2D eigenvalue weighted by Crippen LogP contribution is 2.42. The topological polar surface area (TPSA) is 17.8 Å². The third kappa shape index (κ3) is 4.15. The second-order valence-corrected chi connectivity index (χ2v) is 11.6. The third-order valence-electron chi connectivity index (χ3n) is 8.98. The van der Waals surface area contributed by atoms with Crippen molar-refractivity contribution >= 4 is 43.4 Å². The van der Waals surface area contributed by atoms with Crippen LogP contribution in [0.1, 0.15) is 0 Å². The fourth-order valence-electron chi connectivity index (χ4n) is 6.91. The van der Waals surface area contributed by atoms with Crippen molar-refractivity contribution in [3.63, 3.8) is 0 Å². The summed E-state index contributed by atoms with van der Waals surface area (Å²) < 4.78 is 2.27. The largest absolute Gasteiger partial charge is 0.292 e. The summed E-state index contributed by atoms with van der Waals surface area (Å²) >= 11 is 0. The van der Waals surface area contributed by atoms with Crippen molar-refractivity contribution in [3.05, 3.63) is 170 Å². The van der Waals surface area contributed by atoms with Gasteiger partial charge < -0.3 is 0 Å². The lowest BCUT2D eigenvalue weighted by atomic mass is 9.88. The van der Waals surface area contributed by atoms with Gasteiger partial charge in [0.2, 0.25) is 0 Å². The lowest BCUT2D eigenvalue weighted by Gasteiger charge is -2.16. The Balaban J connectivity index is 1.32. The monoisotopic (exact) mass is 572 g/mol. The van der Waals surface area contributed by atoms with E-state index in [4.69, 9.17) is 4.98 Å². The Morgan fingerprint density at radius 1 is 0.356 bits per heavy atom. The van der Waals surface area contributed by atoms with E-state index in [2.05, 4.69) is 174 Å². The minimum absolute atomic E-state index is 0.941. The Bertz CT molecular complexity index is 2510. The summed E-state index contributed by atoms with van der Waals surface area (Å²) in [4.78, 5) is 5.25. The minimum atomic E-state index is 0.941. The zero-order valence-corrected chi connectivity index (χ0v) is 24.6. The second-order valence-electron chi connectivity index (χ2n) is 11.6. The van der Waals surface area contributed by atoms with E-state index in [1.54, 1.807) is 0 Å². The number of imidazole rings is 1. The van der Waals surface area contributed by atoms with Crippen LogP contribution in [0.25, 0.3) is 82.7 Å². The van der Waals surface area contributed by atoms with Crippen molar-refractivity contribution in [3.8, 4) is 39.3 Å². The van der Waals surface area contributed by atoms with Crippen LogP contribution in [0, 0.1) is 0 Å². The van der Waals surface area contributed by atoms with Crippen molar-refractivity contribution in [2.45, 2.75) is 0 Å². The van der Waals surface area contributed by atoms with Crippen LogP contribution < -0.4 is 0 Å². The molecule has 0 N–H and O–H groups in total. The van der Waals surface area contributed by atoms with E-state index >= 15 is 0 Å². The number of hydrogen-bond acceptors (Lipinski definition) is 1. The summed E-state index contributed by atoms with van der Waals surface area (Å²) in [5, 5.41) is 7.56. The Kier molecular flexibility index (Phi) is 5.85. The molecule has 0 saturated carbocycles. The maximum atomic E-state index is 5.25. The Morgan fingerprint density at radius 3 is 1.44 bits per heavy atom. The van der Waals surface area contributed by atoms with Crippen molar-refractivity contribution < 1.29 is 0 Å². The number of hydrogen-bond donors (Lipinski definition) is 0. The smallest absolute Gasteiger partial charge is 0.145 e. The summed E-state index contributed by atoms with van der Waals surface area (Å²) in [6.45, 7) is 0. The summed E-state index contributed by atoms with van der Waals surface area (Å²) in [7, 11) is 0. The summed E-state index contributed by atoms with van der Waals surface area (Å²) in [6, 6.07) is 60.8. The van der Waals surface area contributed by atoms with Crippen molar-refractivity contribution in [1.29, 1.82) is 0 Å². The number of nitrogens with zero attached hydrogens (tertiary/aromatic N) is 2. The average Bonchev–Trinajstić information content (AvgIpc) is 3.51. The number of aromatic nitrogens is 2. The summed E-state index contributed by atoms with van der Waals surface area (Å²) in [6.07, 6.45) is 0. The molecule has 0 spiro atoms. The zero-order valence-electron chi connectivity index (χ0n) is 24.6. The second kappa shape index (κ2) is 10.3. The molecule has 0 fully saturated rings. The first-order chi connectivity index (χ1) is 22.3. The molecule has 1 heterocycles.